The van der Waals surface area contributed by atoms with Crippen LogP contribution in [0.1, 0.15) is 43.6 Å². The number of hydrogen-bond donors (Lipinski definition) is 2. The molecular formula is C16H25NO5S. The van der Waals surface area contributed by atoms with Crippen LogP contribution >= 0.6 is 0 Å². The van der Waals surface area contributed by atoms with Gasteiger partial charge in [0.2, 0.25) is 10.0 Å². The molecule has 0 fully saturated rings. The molecule has 1 aromatic carbocycles. The van der Waals surface area contributed by atoms with Crippen molar-refractivity contribution in [2.45, 2.75) is 51.7 Å². The minimum Gasteiger partial charge on any atom is -0.459 e. The summed E-state index contributed by atoms with van der Waals surface area (Å²) in [6, 6.07) is 4.28. The number of rotatable bonds is 7. The minimum absolute atomic E-state index is 0.0326. The highest BCUT2D eigenvalue weighted by atomic mass is 32.2. The fourth-order valence-corrected chi connectivity index (χ4v) is 2.86. The molecule has 0 heterocycles. The maximum Gasteiger partial charge on any atom is 0.338 e. The lowest BCUT2D eigenvalue weighted by Gasteiger charge is -2.16. The number of nitrogens with one attached hydrogen (secondary N) is 1. The van der Waals surface area contributed by atoms with Crippen molar-refractivity contribution < 1.29 is 23.1 Å². The fourth-order valence-electron chi connectivity index (χ4n) is 1.78. The Hall–Kier alpha value is -1.44. The van der Waals surface area contributed by atoms with E-state index in [0.29, 0.717) is 5.56 Å². The second kappa shape index (κ2) is 7.90. The lowest BCUT2D eigenvalue weighted by Crippen LogP contribution is -2.34. The first kappa shape index (κ1) is 19.6. The Morgan fingerprint density at radius 3 is 2.39 bits per heavy atom. The molecule has 2 N–H and O–H groups in total. The highest BCUT2D eigenvalue weighted by molar-refractivity contribution is 7.89. The lowest BCUT2D eigenvalue weighted by molar-refractivity contribution is 0.0376. The summed E-state index contributed by atoms with van der Waals surface area (Å²) in [5.41, 5.74) is 0.850. The van der Waals surface area contributed by atoms with Crippen LogP contribution in [0.25, 0.3) is 0 Å². The Bertz CT molecular complexity index is 652. The Morgan fingerprint density at radius 1 is 1.26 bits per heavy atom. The smallest absolute Gasteiger partial charge is 0.338 e. The van der Waals surface area contributed by atoms with Gasteiger partial charge in [-0.3, -0.25) is 0 Å². The molecule has 0 aliphatic heterocycles. The number of benzene rings is 1. The van der Waals surface area contributed by atoms with E-state index in [2.05, 4.69) is 4.72 Å². The molecule has 1 rings (SSSR count). The van der Waals surface area contributed by atoms with Gasteiger partial charge in [-0.2, -0.15) is 0 Å². The van der Waals surface area contributed by atoms with Crippen molar-refractivity contribution >= 4 is 16.0 Å². The van der Waals surface area contributed by atoms with Crippen molar-refractivity contribution in [3.05, 3.63) is 29.3 Å². The molecule has 0 radical (unpaired) electrons. The Balaban J connectivity index is 3.02. The molecule has 0 amide bonds. The molecule has 0 aliphatic rings. The molecule has 0 aliphatic carbocycles. The molecule has 0 bridgehead atoms. The number of sulfonamides is 1. The zero-order valence-electron chi connectivity index (χ0n) is 14.2. The quantitative estimate of drug-likeness (QED) is 0.737. The number of carbonyl (C=O) groups excluding carboxylic acids is 1. The second-order valence-corrected chi connectivity index (χ2v) is 7.86. The van der Waals surface area contributed by atoms with Gasteiger partial charge in [-0.05, 0) is 44.4 Å². The second-order valence-electron chi connectivity index (χ2n) is 6.09. The largest absolute Gasteiger partial charge is 0.459 e. The van der Waals surface area contributed by atoms with Gasteiger partial charge in [0, 0.05) is 6.54 Å². The summed E-state index contributed by atoms with van der Waals surface area (Å²) in [7, 11) is -3.81. The Morgan fingerprint density at radius 2 is 1.87 bits per heavy atom. The molecule has 6 nitrogen and oxygen atoms in total. The fraction of sp³-hybridized carbons (Fsp3) is 0.562. The summed E-state index contributed by atoms with van der Waals surface area (Å²) in [6.45, 7) is 8.67. The van der Waals surface area contributed by atoms with E-state index >= 15 is 0 Å². The van der Waals surface area contributed by atoms with E-state index in [-0.39, 0.29) is 29.0 Å². The molecular weight excluding hydrogens is 318 g/mol. The third-order valence-electron chi connectivity index (χ3n) is 3.33. The molecule has 0 aromatic heterocycles. The van der Waals surface area contributed by atoms with Gasteiger partial charge in [-0.1, -0.05) is 19.9 Å². The first-order valence-electron chi connectivity index (χ1n) is 7.54. The van der Waals surface area contributed by atoms with Gasteiger partial charge >= 0.3 is 5.97 Å². The molecule has 7 heteroatoms. The zero-order chi connectivity index (χ0) is 17.8. The van der Waals surface area contributed by atoms with E-state index in [0.717, 1.165) is 0 Å². The topological polar surface area (TPSA) is 92.7 Å². The van der Waals surface area contributed by atoms with E-state index in [9.17, 15) is 18.3 Å². The van der Waals surface area contributed by atoms with Gasteiger partial charge < -0.3 is 9.84 Å². The third kappa shape index (κ3) is 5.60. The number of aryl methyl sites for hydroxylation is 1. The summed E-state index contributed by atoms with van der Waals surface area (Å²) in [6.07, 6.45) is -1.07. The molecule has 1 atom stereocenters. The number of aliphatic hydroxyl groups is 1. The van der Waals surface area contributed by atoms with Crippen LogP contribution in [0.4, 0.5) is 0 Å². The van der Waals surface area contributed by atoms with Gasteiger partial charge in [0.1, 0.15) is 0 Å². The number of hydrogen-bond acceptors (Lipinski definition) is 5. The summed E-state index contributed by atoms with van der Waals surface area (Å²) in [4.78, 5) is 12.0. The van der Waals surface area contributed by atoms with E-state index in [1.54, 1.807) is 40.7 Å². The van der Waals surface area contributed by atoms with Gasteiger partial charge in [0.05, 0.1) is 22.7 Å². The maximum absolute atomic E-state index is 12.3. The van der Waals surface area contributed by atoms with Crippen molar-refractivity contribution in [2.75, 3.05) is 6.54 Å². The number of carbonyl (C=O) groups is 1. The first-order chi connectivity index (χ1) is 10.5. The average molecular weight is 343 g/mol. The predicted molar refractivity (Wildman–Crippen MR) is 87.8 cm³/mol. The third-order valence-corrected chi connectivity index (χ3v) is 4.76. The molecule has 130 valence electrons. The van der Waals surface area contributed by atoms with Crippen molar-refractivity contribution in [3.8, 4) is 0 Å². The van der Waals surface area contributed by atoms with Crippen molar-refractivity contribution in [2.24, 2.45) is 5.92 Å². The monoisotopic (exact) mass is 343 g/mol. The number of ether oxygens (including phenoxy) is 1. The highest BCUT2D eigenvalue weighted by Crippen LogP contribution is 2.17. The van der Waals surface area contributed by atoms with Crippen LogP contribution < -0.4 is 4.72 Å². The maximum atomic E-state index is 12.3. The van der Waals surface area contributed by atoms with Crippen LogP contribution in [0.15, 0.2) is 23.1 Å². The number of esters is 1. The van der Waals surface area contributed by atoms with Crippen LogP contribution in [0.3, 0.4) is 0 Å². The molecule has 0 saturated heterocycles. The highest BCUT2D eigenvalue weighted by Gasteiger charge is 2.21. The Kier molecular flexibility index (Phi) is 6.73. The molecule has 23 heavy (non-hydrogen) atoms. The van der Waals surface area contributed by atoms with Gasteiger partial charge in [0.25, 0.3) is 0 Å². The summed E-state index contributed by atoms with van der Waals surface area (Å²) in [5.74, 6) is -0.621. The van der Waals surface area contributed by atoms with Crippen LogP contribution in [0.2, 0.25) is 0 Å². The Labute approximate surface area is 137 Å². The van der Waals surface area contributed by atoms with E-state index in [4.69, 9.17) is 4.74 Å². The minimum atomic E-state index is -3.81. The molecule has 1 aromatic rings. The van der Waals surface area contributed by atoms with Crippen LogP contribution in [0.5, 0.6) is 0 Å². The molecule has 0 saturated carbocycles. The first-order valence-corrected chi connectivity index (χ1v) is 9.02. The molecule has 0 spiro atoms. The normalized spacial score (nSPS) is 13.4. The van der Waals surface area contributed by atoms with E-state index < -0.39 is 22.1 Å². The lowest BCUT2D eigenvalue weighted by atomic mass is 10.1. The van der Waals surface area contributed by atoms with Crippen LogP contribution in [0, 0.1) is 12.8 Å². The zero-order valence-corrected chi connectivity index (χ0v) is 15.0. The van der Waals surface area contributed by atoms with Crippen LogP contribution in [-0.4, -0.2) is 38.2 Å². The summed E-state index contributed by atoms with van der Waals surface area (Å²) in [5, 5.41) is 9.72. The van der Waals surface area contributed by atoms with Gasteiger partial charge in [-0.25, -0.2) is 17.9 Å². The van der Waals surface area contributed by atoms with Gasteiger partial charge in [0.15, 0.2) is 0 Å². The van der Waals surface area contributed by atoms with Crippen molar-refractivity contribution in [3.63, 3.8) is 0 Å². The summed E-state index contributed by atoms with van der Waals surface area (Å²) < 4.78 is 32.1. The van der Waals surface area contributed by atoms with Crippen molar-refractivity contribution in [1.29, 1.82) is 0 Å². The SMILES string of the molecule is Cc1ccc(S(=O)(=O)NCC(O)C(C)C)cc1C(=O)OC(C)C. The standard InChI is InChI=1S/C16H25NO5S/c1-10(2)15(18)9-17-23(20,21)13-7-6-12(5)14(8-13)16(19)22-11(3)4/h6-8,10-11,15,17-18H,9H2,1-5H3. The average Bonchev–Trinajstić information content (AvgIpc) is 2.44. The van der Waals surface area contributed by atoms with Crippen LogP contribution in [-0.2, 0) is 14.8 Å². The summed E-state index contributed by atoms with van der Waals surface area (Å²) >= 11 is 0. The predicted octanol–water partition coefficient (Wildman–Crippen LogP) is 1.86. The number of aliphatic hydroxyl groups excluding tert-OH is 1. The van der Waals surface area contributed by atoms with Gasteiger partial charge in [-0.15, -0.1) is 0 Å². The van der Waals surface area contributed by atoms with E-state index in [1.165, 1.54) is 12.1 Å². The van der Waals surface area contributed by atoms with E-state index in [1.807, 2.05) is 0 Å². The van der Waals surface area contributed by atoms with Crippen molar-refractivity contribution in [1.82, 2.24) is 4.72 Å². The molecule has 1 unspecified atom stereocenters.